The summed E-state index contributed by atoms with van der Waals surface area (Å²) in [4.78, 5) is 15.0. The molecule has 1 rings (SSSR count). The molecule has 0 radical (unpaired) electrons. The third-order valence-electron chi connectivity index (χ3n) is 2.10. The highest BCUT2D eigenvalue weighted by molar-refractivity contribution is 6.37. The molecule has 0 unspecified atom stereocenters. The molecule has 1 aromatic rings. The summed E-state index contributed by atoms with van der Waals surface area (Å²) in [6.45, 7) is 3.99. The normalized spacial score (nSPS) is 11.4. The number of aliphatic imine (C=N–C) groups is 1. The smallest absolute Gasteiger partial charge is 0.173 e. The van der Waals surface area contributed by atoms with Crippen LogP contribution >= 0.6 is 0 Å². The van der Waals surface area contributed by atoms with E-state index in [0.29, 0.717) is 12.3 Å². The van der Waals surface area contributed by atoms with Crippen LogP contribution in [0.1, 0.15) is 19.4 Å². The molecule has 0 N–H and O–H groups in total. The minimum atomic E-state index is 0.0538. The van der Waals surface area contributed by atoms with Crippen LogP contribution in [0.3, 0.4) is 0 Å². The predicted molar refractivity (Wildman–Crippen MR) is 58.8 cm³/mol. The van der Waals surface area contributed by atoms with Crippen LogP contribution in [0.4, 0.5) is 0 Å². The molecule has 0 amide bonds. The van der Waals surface area contributed by atoms with Crippen LogP contribution in [-0.4, -0.2) is 18.0 Å². The van der Waals surface area contributed by atoms with E-state index >= 15 is 0 Å². The maximum absolute atomic E-state index is 10.9. The van der Waals surface area contributed by atoms with Crippen LogP contribution < -0.4 is 0 Å². The summed E-state index contributed by atoms with van der Waals surface area (Å²) in [6, 6.07) is 10.2. The second kappa shape index (κ2) is 5.32. The number of carbonyl (C=O) groups is 1. The molecule has 0 aliphatic rings. The lowest BCUT2D eigenvalue weighted by Gasteiger charge is -1.98. The molecule has 0 spiro atoms. The van der Waals surface area contributed by atoms with E-state index in [9.17, 15) is 4.79 Å². The van der Waals surface area contributed by atoms with Gasteiger partial charge in [-0.1, -0.05) is 30.3 Å². The number of hydrogen-bond acceptors (Lipinski definition) is 2. The molecular weight excluding hydrogens is 174 g/mol. The quantitative estimate of drug-likeness (QED) is 0.668. The first-order valence-electron chi connectivity index (χ1n) is 4.76. The zero-order valence-corrected chi connectivity index (χ0v) is 8.66. The van der Waals surface area contributed by atoms with Crippen molar-refractivity contribution in [3.63, 3.8) is 0 Å². The number of rotatable bonds is 4. The van der Waals surface area contributed by atoms with Gasteiger partial charge in [0.2, 0.25) is 0 Å². The van der Waals surface area contributed by atoms with E-state index in [1.54, 1.807) is 13.8 Å². The number of nitrogens with zero attached hydrogens (tertiary/aromatic N) is 1. The number of benzene rings is 1. The lowest BCUT2D eigenvalue weighted by Crippen LogP contribution is -2.05. The second-order valence-electron chi connectivity index (χ2n) is 3.26. The number of hydrogen-bond donors (Lipinski definition) is 0. The largest absolute Gasteiger partial charge is 0.293 e. The Bertz CT molecular complexity index is 327. The van der Waals surface area contributed by atoms with Crippen molar-refractivity contribution in [3.8, 4) is 0 Å². The summed E-state index contributed by atoms with van der Waals surface area (Å²) >= 11 is 0. The average molecular weight is 189 g/mol. The van der Waals surface area contributed by atoms with Crippen molar-refractivity contribution >= 4 is 11.5 Å². The summed E-state index contributed by atoms with van der Waals surface area (Å²) in [5.74, 6) is 0.0538. The first-order valence-corrected chi connectivity index (χ1v) is 4.76. The molecule has 0 saturated heterocycles. The van der Waals surface area contributed by atoms with Crippen LogP contribution in [0.25, 0.3) is 0 Å². The molecule has 14 heavy (non-hydrogen) atoms. The third kappa shape index (κ3) is 3.52. The Kier molecular flexibility index (Phi) is 4.05. The van der Waals surface area contributed by atoms with Gasteiger partial charge in [0.1, 0.15) is 0 Å². The minimum absolute atomic E-state index is 0.0538. The van der Waals surface area contributed by atoms with Crippen LogP contribution in [0.15, 0.2) is 35.3 Å². The molecule has 2 heteroatoms. The maximum Gasteiger partial charge on any atom is 0.173 e. The van der Waals surface area contributed by atoms with Gasteiger partial charge in [0.05, 0.1) is 5.71 Å². The number of carbonyl (C=O) groups excluding carboxylic acids is 1. The summed E-state index contributed by atoms with van der Waals surface area (Å²) in [5.41, 5.74) is 1.87. The van der Waals surface area contributed by atoms with Gasteiger partial charge in [-0.05, 0) is 18.9 Å². The Morgan fingerprint density at radius 3 is 2.43 bits per heavy atom. The van der Waals surface area contributed by atoms with E-state index in [0.717, 1.165) is 6.42 Å². The summed E-state index contributed by atoms with van der Waals surface area (Å²) in [6.07, 6.45) is 0.894. The predicted octanol–water partition coefficient (Wildman–Crippen LogP) is 2.28. The monoisotopic (exact) mass is 189 g/mol. The Morgan fingerprint density at radius 1 is 1.21 bits per heavy atom. The van der Waals surface area contributed by atoms with E-state index in [1.165, 1.54) is 5.56 Å². The Hall–Kier alpha value is -1.44. The van der Waals surface area contributed by atoms with Crippen molar-refractivity contribution in [2.45, 2.75) is 20.3 Å². The van der Waals surface area contributed by atoms with E-state index in [-0.39, 0.29) is 5.78 Å². The first kappa shape index (κ1) is 10.6. The van der Waals surface area contributed by atoms with Gasteiger partial charge in [-0.2, -0.15) is 0 Å². The molecule has 1 aromatic carbocycles. The second-order valence-corrected chi connectivity index (χ2v) is 3.26. The minimum Gasteiger partial charge on any atom is -0.293 e. The fourth-order valence-electron chi connectivity index (χ4n) is 1.11. The van der Waals surface area contributed by atoms with Crippen molar-refractivity contribution in [1.82, 2.24) is 0 Å². The molecular formula is C12H15NO. The van der Waals surface area contributed by atoms with Gasteiger partial charge in [-0.25, -0.2) is 0 Å². The van der Waals surface area contributed by atoms with E-state index in [2.05, 4.69) is 17.1 Å². The van der Waals surface area contributed by atoms with Gasteiger partial charge in [-0.3, -0.25) is 9.79 Å². The zero-order valence-electron chi connectivity index (χ0n) is 8.66. The highest BCUT2D eigenvalue weighted by Crippen LogP contribution is 1.99. The zero-order chi connectivity index (χ0) is 10.4. The summed E-state index contributed by atoms with van der Waals surface area (Å²) in [7, 11) is 0. The first-order chi connectivity index (χ1) is 6.70. The van der Waals surface area contributed by atoms with Gasteiger partial charge in [-0.15, -0.1) is 0 Å². The highest BCUT2D eigenvalue weighted by atomic mass is 16.1. The summed E-state index contributed by atoms with van der Waals surface area (Å²) in [5, 5.41) is 0. The lowest BCUT2D eigenvalue weighted by molar-refractivity contribution is -0.111. The van der Waals surface area contributed by atoms with Gasteiger partial charge in [0.25, 0.3) is 0 Å². The average Bonchev–Trinajstić information content (AvgIpc) is 2.19. The molecule has 2 nitrogen and oxygen atoms in total. The SMILES string of the molecule is CC(=O)C(C)=NCCc1ccccc1. The third-order valence-corrected chi connectivity index (χ3v) is 2.10. The van der Waals surface area contributed by atoms with Crippen molar-refractivity contribution in [3.05, 3.63) is 35.9 Å². The lowest BCUT2D eigenvalue weighted by atomic mass is 10.1. The van der Waals surface area contributed by atoms with Gasteiger partial charge in [0.15, 0.2) is 5.78 Å². The Labute approximate surface area is 84.7 Å². The molecule has 0 aliphatic heterocycles. The van der Waals surface area contributed by atoms with Crippen LogP contribution in [0, 0.1) is 0 Å². The fraction of sp³-hybridized carbons (Fsp3) is 0.333. The van der Waals surface area contributed by atoms with E-state index < -0.39 is 0 Å². The number of ketones is 1. The van der Waals surface area contributed by atoms with Gasteiger partial charge < -0.3 is 0 Å². The van der Waals surface area contributed by atoms with Crippen LogP contribution in [0.5, 0.6) is 0 Å². The van der Waals surface area contributed by atoms with E-state index in [4.69, 9.17) is 0 Å². The van der Waals surface area contributed by atoms with Crippen molar-refractivity contribution in [1.29, 1.82) is 0 Å². The number of Topliss-reactive ketones (excluding diaryl/α,β-unsaturated/α-hetero) is 1. The Balaban J connectivity index is 2.43. The van der Waals surface area contributed by atoms with Crippen molar-refractivity contribution < 1.29 is 4.79 Å². The molecule has 0 fully saturated rings. The topological polar surface area (TPSA) is 29.4 Å². The molecule has 0 atom stereocenters. The van der Waals surface area contributed by atoms with Gasteiger partial charge in [0, 0.05) is 13.5 Å². The Morgan fingerprint density at radius 2 is 1.86 bits per heavy atom. The summed E-state index contributed by atoms with van der Waals surface area (Å²) < 4.78 is 0. The molecule has 0 aromatic heterocycles. The molecule has 0 bridgehead atoms. The van der Waals surface area contributed by atoms with Crippen molar-refractivity contribution in [2.75, 3.05) is 6.54 Å². The molecule has 0 saturated carbocycles. The standard InChI is InChI=1S/C12H15NO/c1-10(11(2)14)13-9-8-12-6-4-3-5-7-12/h3-7H,8-9H2,1-2H3. The molecule has 0 aliphatic carbocycles. The van der Waals surface area contributed by atoms with Gasteiger partial charge >= 0.3 is 0 Å². The van der Waals surface area contributed by atoms with Crippen LogP contribution in [0.2, 0.25) is 0 Å². The van der Waals surface area contributed by atoms with E-state index in [1.807, 2.05) is 18.2 Å². The molecule has 0 heterocycles. The maximum atomic E-state index is 10.9. The van der Waals surface area contributed by atoms with Crippen molar-refractivity contribution in [2.24, 2.45) is 4.99 Å². The molecule has 74 valence electrons. The van der Waals surface area contributed by atoms with Crippen LogP contribution in [-0.2, 0) is 11.2 Å². The fourth-order valence-corrected chi connectivity index (χ4v) is 1.11. The highest BCUT2D eigenvalue weighted by Gasteiger charge is 1.96.